The molecule has 0 radical (unpaired) electrons. The van der Waals surface area contributed by atoms with Crippen molar-refractivity contribution in [2.45, 2.75) is 32.6 Å². The number of carbonyl (C=O) groups excluding carboxylic acids is 1. The Morgan fingerprint density at radius 3 is 2.54 bits per heavy atom. The van der Waals surface area contributed by atoms with E-state index in [2.05, 4.69) is 0 Å². The first kappa shape index (κ1) is 12.4. The van der Waals surface area contributed by atoms with Crippen molar-refractivity contribution in [1.29, 1.82) is 0 Å². The third-order valence-corrected chi connectivity index (χ3v) is 2.07. The van der Waals surface area contributed by atoms with Gasteiger partial charge in [0.1, 0.15) is 0 Å². The van der Waals surface area contributed by atoms with E-state index in [0.29, 0.717) is 6.42 Å². The van der Waals surface area contributed by atoms with Crippen molar-refractivity contribution in [2.75, 3.05) is 27.3 Å². The van der Waals surface area contributed by atoms with Gasteiger partial charge in [-0.15, -0.1) is 0 Å². The molecule has 0 aromatic carbocycles. The van der Waals surface area contributed by atoms with Crippen molar-refractivity contribution in [3.63, 3.8) is 0 Å². The molecule has 0 spiro atoms. The molecule has 0 unspecified atom stereocenters. The number of carbonyl (C=O) groups is 1. The second-order valence-electron chi connectivity index (χ2n) is 3.22. The summed E-state index contributed by atoms with van der Waals surface area (Å²) in [4.78, 5) is 12.9. The first-order valence-electron chi connectivity index (χ1n) is 4.95. The Bertz CT molecular complexity index is 137. The largest absolute Gasteiger partial charge is 0.385 e. The molecule has 0 heterocycles. The Labute approximate surface area is 81.1 Å². The summed E-state index contributed by atoms with van der Waals surface area (Å²) in [5, 5.41) is 0. The first-order chi connectivity index (χ1) is 6.22. The molecule has 0 aromatic rings. The van der Waals surface area contributed by atoms with Gasteiger partial charge in [-0.3, -0.25) is 4.79 Å². The predicted molar refractivity (Wildman–Crippen MR) is 53.7 cm³/mol. The average Bonchev–Trinajstić information content (AvgIpc) is 2.16. The maximum Gasteiger partial charge on any atom is 0.222 e. The Morgan fingerprint density at radius 1 is 1.31 bits per heavy atom. The minimum Gasteiger partial charge on any atom is -0.385 e. The molecule has 3 heteroatoms. The molecule has 0 atom stereocenters. The Morgan fingerprint density at radius 2 is 2.00 bits per heavy atom. The van der Waals surface area contributed by atoms with Gasteiger partial charge >= 0.3 is 0 Å². The minimum atomic E-state index is 0.228. The highest BCUT2D eigenvalue weighted by molar-refractivity contribution is 5.75. The maximum absolute atomic E-state index is 11.1. The maximum atomic E-state index is 11.1. The van der Waals surface area contributed by atoms with Crippen LogP contribution in [0.5, 0.6) is 0 Å². The van der Waals surface area contributed by atoms with E-state index in [4.69, 9.17) is 4.74 Å². The van der Waals surface area contributed by atoms with E-state index in [1.807, 2.05) is 14.0 Å². The predicted octanol–water partition coefficient (Wildman–Crippen LogP) is 1.67. The van der Waals surface area contributed by atoms with Crippen molar-refractivity contribution in [3.05, 3.63) is 0 Å². The molecule has 13 heavy (non-hydrogen) atoms. The average molecular weight is 187 g/mol. The fourth-order valence-corrected chi connectivity index (χ4v) is 1.17. The van der Waals surface area contributed by atoms with Crippen molar-refractivity contribution < 1.29 is 9.53 Å². The Balaban J connectivity index is 3.26. The van der Waals surface area contributed by atoms with Crippen LogP contribution in [0.2, 0.25) is 0 Å². The summed E-state index contributed by atoms with van der Waals surface area (Å²) in [6.45, 7) is 3.59. The zero-order valence-corrected chi connectivity index (χ0v) is 9.01. The van der Waals surface area contributed by atoms with Crippen LogP contribution in [0.15, 0.2) is 0 Å². The van der Waals surface area contributed by atoms with Gasteiger partial charge in [-0.2, -0.15) is 0 Å². The van der Waals surface area contributed by atoms with Crippen LogP contribution in [0.25, 0.3) is 0 Å². The van der Waals surface area contributed by atoms with Gasteiger partial charge in [0.05, 0.1) is 0 Å². The summed E-state index contributed by atoms with van der Waals surface area (Å²) in [5.74, 6) is 0.228. The van der Waals surface area contributed by atoms with Crippen molar-refractivity contribution in [1.82, 2.24) is 4.90 Å². The highest BCUT2D eigenvalue weighted by Gasteiger charge is 2.03. The molecule has 0 bridgehead atoms. The van der Waals surface area contributed by atoms with Crippen LogP contribution in [0, 0.1) is 0 Å². The topological polar surface area (TPSA) is 29.5 Å². The lowest BCUT2D eigenvalue weighted by atomic mass is 10.2. The van der Waals surface area contributed by atoms with Crippen LogP contribution in [0.4, 0.5) is 0 Å². The summed E-state index contributed by atoms with van der Waals surface area (Å²) in [5.41, 5.74) is 0. The lowest BCUT2D eigenvalue weighted by Crippen LogP contribution is -2.26. The molecule has 3 nitrogen and oxygen atoms in total. The summed E-state index contributed by atoms with van der Waals surface area (Å²) in [6.07, 6.45) is 3.90. The number of hydrogen-bond donors (Lipinski definition) is 0. The first-order valence-corrected chi connectivity index (χ1v) is 4.95. The fraction of sp³-hybridized carbons (Fsp3) is 0.900. The van der Waals surface area contributed by atoms with Crippen molar-refractivity contribution in [2.24, 2.45) is 0 Å². The van der Waals surface area contributed by atoms with Gasteiger partial charge < -0.3 is 9.64 Å². The minimum absolute atomic E-state index is 0.228. The van der Waals surface area contributed by atoms with E-state index < -0.39 is 0 Å². The van der Waals surface area contributed by atoms with Crippen LogP contribution < -0.4 is 0 Å². The Hall–Kier alpha value is -0.570. The van der Waals surface area contributed by atoms with E-state index in [9.17, 15) is 4.79 Å². The van der Waals surface area contributed by atoms with Crippen molar-refractivity contribution in [3.8, 4) is 0 Å². The standard InChI is InChI=1S/C10H21NO2/c1-4-10(12)11(2)8-6-5-7-9-13-3/h4-9H2,1-3H3. The van der Waals surface area contributed by atoms with Gasteiger partial charge in [0.2, 0.25) is 5.91 Å². The number of rotatable bonds is 7. The second kappa shape index (κ2) is 8.05. The van der Waals surface area contributed by atoms with Crippen LogP contribution in [0.1, 0.15) is 32.6 Å². The molecular formula is C10H21NO2. The molecule has 0 saturated heterocycles. The van der Waals surface area contributed by atoms with E-state index in [-0.39, 0.29) is 5.91 Å². The third-order valence-electron chi connectivity index (χ3n) is 2.07. The van der Waals surface area contributed by atoms with Crippen LogP contribution in [-0.4, -0.2) is 38.1 Å². The van der Waals surface area contributed by atoms with Gasteiger partial charge in [0.25, 0.3) is 0 Å². The smallest absolute Gasteiger partial charge is 0.222 e. The molecule has 0 saturated carbocycles. The van der Waals surface area contributed by atoms with Gasteiger partial charge in [0, 0.05) is 33.7 Å². The highest BCUT2D eigenvalue weighted by Crippen LogP contribution is 1.98. The lowest BCUT2D eigenvalue weighted by Gasteiger charge is -2.15. The third kappa shape index (κ3) is 6.58. The molecule has 0 aliphatic carbocycles. The zero-order chi connectivity index (χ0) is 10.1. The van der Waals surface area contributed by atoms with Crippen LogP contribution in [0.3, 0.4) is 0 Å². The number of nitrogens with zero attached hydrogens (tertiary/aromatic N) is 1. The zero-order valence-electron chi connectivity index (χ0n) is 9.01. The summed E-state index contributed by atoms with van der Waals surface area (Å²) < 4.78 is 4.94. The highest BCUT2D eigenvalue weighted by atomic mass is 16.5. The summed E-state index contributed by atoms with van der Waals surface area (Å²) in [6, 6.07) is 0. The van der Waals surface area contributed by atoms with Crippen LogP contribution in [-0.2, 0) is 9.53 Å². The van der Waals surface area contributed by atoms with Gasteiger partial charge in [-0.1, -0.05) is 6.92 Å². The molecule has 0 aliphatic heterocycles. The second-order valence-corrected chi connectivity index (χ2v) is 3.22. The molecule has 1 amide bonds. The monoisotopic (exact) mass is 187 g/mol. The molecule has 0 aliphatic rings. The number of amides is 1. The van der Waals surface area contributed by atoms with Gasteiger partial charge in [0.15, 0.2) is 0 Å². The van der Waals surface area contributed by atoms with Crippen LogP contribution >= 0.6 is 0 Å². The summed E-state index contributed by atoms with van der Waals surface area (Å²) >= 11 is 0. The normalized spacial score (nSPS) is 10.1. The van der Waals surface area contributed by atoms with E-state index >= 15 is 0 Å². The molecule has 0 fully saturated rings. The number of hydrogen-bond acceptors (Lipinski definition) is 2. The van der Waals surface area contributed by atoms with Gasteiger partial charge in [-0.05, 0) is 19.3 Å². The lowest BCUT2D eigenvalue weighted by molar-refractivity contribution is -0.129. The molecular weight excluding hydrogens is 166 g/mol. The molecule has 0 N–H and O–H groups in total. The number of unbranched alkanes of at least 4 members (excludes halogenated alkanes) is 2. The van der Waals surface area contributed by atoms with Gasteiger partial charge in [-0.25, -0.2) is 0 Å². The Kier molecular flexibility index (Phi) is 7.69. The molecule has 78 valence electrons. The van der Waals surface area contributed by atoms with E-state index in [0.717, 1.165) is 32.4 Å². The number of methoxy groups -OCH3 is 1. The summed E-state index contributed by atoms with van der Waals surface area (Å²) in [7, 11) is 3.58. The quantitative estimate of drug-likeness (QED) is 0.567. The number of ether oxygens (including phenoxy) is 1. The molecule has 0 aromatic heterocycles. The fourth-order valence-electron chi connectivity index (χ4n) is 1.17. The SMILES string of the molecule is CCC(=O)N(C)CCCCCOC. The van der Waals surface area contributed by atoms with E-state index in [1.54, 1.807) is 12.0 Å². The van der Waals surface area contributed by atoms with E-state index in [1.165, 1.54) is 0 Å². The van der Waals surface area contributed by atoms with Crippen molar-refractivity contribution >= 4 is 5.91 Å². The molecule has 0 rings (SSSR count).